The van der Waals surface area contributed by atoms with Crippen molar-refractivity contribution in [3.05, 3.63) is 29.8 Å². The second-order valence-corrected chi connectivity index (χ2v) is 4.97. The molecule has 0 bridgehead atoms. The maximum Gasteiger partial charge on any atom is 0.0867 e. The average molecular weight is 256 g/mol. The van der Waals surface area contributed by atoms with Crippen molar-refractivity contribution >= 4 is 11.8 Å². The Morgan fingerprint density at radius 2 is 2.12 bits per heavy atom. The van der Waals surface area contributed by atoms with Gasteiger partial charge in [-0.3, -0.25) is 0 Å². The van der Waals surface area contributed by atoms with E-state index in [-0.39, 0.29) is 0 Å². The van der Waals surface area contributed by atoms with E-state index in [2.05, 4.69) is 0 Å². The molecule has 0 spiro atoms. The van der Waals surface area contributed by atoms with Crippen molar-refractivity contribution in [1.82, 2.24) is 0 Å². The predicted octanol–water partition coefficient (Wildman–Crippen LogP) is 2.23. The maximum atomic E-state index is 9.62. The number of hydrogen-bond donors (Lipinski definition) is 2. The van der Waals surface area contributed by atoms with E-state index in [1.165, 1.54) is 0 Å². The van der Waals surface area contributed by atoms with Crippen LogP contribution in [0.2, 0.25) is 0 Å². The predicted molar refractivity (Wildman–Crippen MR) is 70.3 cm³/mol. The molecule has 0 aliphatic carbocycles. The zero-order valence-corrected chi connectivity index (χ0v) is 11.1. The fraction of sp³-hybridized carbons (Fsp3) is 0.538. The molecule has 0 fully saturated rings. The first kappa shape index (κ1) is 14.5. The van der Waals surface area contributed by atoms with Gasteiger partial charge in [-0.2, -0.15) is 0 Å². The summed E-state index contributed by atoms with van der Waals surface area (Å²) < 4.78 is 5.14. The average Bonchev–Trinajstić information content (AvgIpc) is 2.34. The summed E-state index contributed by atoms with van der Waals surface area (Å²) in [5.41, 5.74) is 0.897. The third-order valence-electron chi connectivity index (χ3n) is 2.30. The number of aliphatic hydroxyl groups excluding tert-OH is 2. The molecule has 2 N–H and O–H groups in total. The van der Waals surface area contributed by atoms with Crippen LogP contribution in [0.15, 0.2) is 29.2 Å². The van der Waals surface area contributed by atoms with Crippen LogP contribution >= 0.6 is 11.8 Å². The largest absolute Gasteiger partial charge is 0.390 e. The maximum absolute atomic E-state index is 9.62. The van der Waals surface area contributed by atoms with Crippen molar-refractivity contribution in [3.8, 4) is 0 Å². The van der Waals surface area contributed by atoms with Crippen molar-refractivity contribution in [2.45, 2.75) is 31.0 Å². The van der Waals surface area contributed by atoms with Crippen molar-refractivity contribution in [2.24, 2.45) is 0 Å². The molecule has 0 saturated heterocycles. The van der Waals surface area contributed by atoms with Crippen LogP contribution < -0.4 is 0 Å². The van der Waals surface area contributed by atoms with Gasteiger partial charge in [-0.25, -0.2) is 0 Å². The van der Waals surface area contributed by atoms with Gasteiger partial charge >= 0.3 is 0 Å². The molecule has 0 amide bonds. The van der Waals surface area contributed by atoms with E-state index in [9.17, 15) is 10.2 Å². The Hall–Kier alpha value is -0.550. The normalized spacial score (nSPS) is 14.6. The van der Waals surface area contributed by atoms with Gasteiger partial charge < -0.3 is 14.9 Å². The fourth-order valence-corrected chi connectivity index (χ4v) is 2.23. The lowest BCUT2D eigenvalue weighted by molar-refractivity contribution is 0.0551. The van der Waals surface area contributed by atoms with Gasteiger partial charge in [0.25, 0.3) is 0 Å². The van der Waals surface area contributed by atoms with E-state index in [0.717, 1.165) is 10.5 Å². The van der Waals surface area contributed by atoms with E-state index < -0.39 is 12.2 Å². The van der Waals surface area contributed by atoms with E-state index in [4.69, 9.17) is 4.74 Å². The summed E-state index contributed by atoms with van der Waals surface area (Å²) in [6.07, 6.45) is -0.904. The summed E-state index contributed by atoms with van der Waals surface area (Å²) in [5, 5.41) is 19.1. The summed E-state index contributed by atoms with van der Waals surface area (Å²) in [4.78, 5) is 1.05. The SMILES string of the molecule is CCOCC(O)CSc1cccc(C(C)O)c1. The molecule has 4 heteroatoms. The highest BCUT2D eigenvalue weighted by Crippen LogP contribution is 2.22. The Labute approximate surface area is 107 Å². The minimum Gasteiger partial charge on any atom is -0.390 e. The van der Waals surface area contributed by atoms with Crippen LogP contribution in [-0.2, 0) is 4.74 Å². The van der Waals surface area contributed by atoms with Gasteiger partial charge in [-0.05, 0) is 31.5 Å². The van der Waals surface area contributed by atoms with Gasteiger partial charge in [0.1, 0.15) is 0 Å². The summed E-state index contributed by atoms with van der Waals surface area (Å²) in [7, 11) is 0. The summed E-state index contributed by atoms with van der Waals surface area (Å²) in [6, 6.07) is 7.73. The number of ether oxygens (including phenoxy) is 1. The lowest BCUT2D eigenvalue weighted by Gasteiger charge is -2.11. The Morgan fingerprint density at radius 1 is 1.35 bits per heavy atom. The third kappa shape index (κ3) is 5.55. The van der Waals surface area contributed by atoms with Crippen molar-refractivity contribution in [1.29, 1.82) is 0 Å². The molecule has 0 heterocycles. The molecule has 0 saturated carbocycles. The summed E-state index contributed by atoms with van der Waals surface area (Å²) >= 11 is 1.57. The first-order valence-electron chi connectivity index (χ1n) is 5.80. The Balaban J connectivity index is 2.43. The van der Waals surface area contributed by atoms with Crippen LogP contribution in [0, 0.1) is 0 Å². The van der Waals surface area contributed by atoms with Crippen molar-refractivity contribution < 1.29 is 14.9 Å². The van der Waals surface area contributed by atoms with Gasteiger partial charge in [-0.15, -0.1) is 11.8 Å². The molecule has 17 heavy (non-hydrogen) atoms. The molecule has 1 rings (SSSR count). The Bertz CT molecular complexity index is 328. The van der Waals surface area contributed by atoms with Gasteiger partial charge in [0.05, 0.1) is 18.8 Å². The minimum absolute atomic E-state index is 0.375. The third-order valence-corrected chi connectivity index (χ3v) is 3.44. The van der Waals surface area contributed by atoms with Crippen LogP contribution in [0.25, 0.3) is 0 Å². The Kier molecular flexibility index (Phi) is 6.58. The molecule has 96 valence electrons. The van der Waals surface area contributed by atoms with Crippen LogP contribution in [0.5, 0.6) is 0 Å². The molecule has 0 aliphatic heterocycles. The first-order valence-corrected chi connectivity index (χ1v) is 6.78. The topological polar surface area (TPSA) is 49.7 Å². The van der Waals surface area contributed by atoms with E-state index in [1.807, 2.05) is 31.2 Å². The standard InChI is InChI=1S/C13H20O3S/c1-3-16-8-12(15)9-17-13-6-4-5-11(7-13)10(2)14/h4-7,10,12,14-15H,3,8-9H2,1-2H3. The van der Waals surface area contributed by atoms with Crippen molar-refractivity contribution in [2.75, 3.05) is 19.0 Å². The van der Waals surface area contributed by atoms with Gasteiger partial charge in [0.2, 0.25) is 0 Å². The molecule has 1 aromatic carbocycles. The molecular weight excluding hydrogens is 236 g/mol. The molecule has 2 unspecified atom stereocenters. The van der Waals surface area contributed by atoms with Gasteiger partial charge in [0.15, 0.2) is 0 Å². The number of rotatable bonds is 7. The summed E-state index contributed by atoms with van der Waals surface area (Å²) in [6.45, 7) is 4.65. The number of benzene rings is 1. The first-order chi connectivity index (χ1) is 8.13. The van der Waals surface area contributed by atoms with Crippen LogP contribution in [0.4, 0.5) is 0 Å². The second-order valence-electron chi connectivity index (χ2n) is 3.87. The lowest BCUT2D eigenvalue weighted by atomic mass is 10.1. The molecule has 0 radical (unpaired) electrons. The summed E-state index contributed by atoms with van der Waals surface area (Å²) in [5.74, 6) is 0.600. The van der Waals surface area contributed by atoms with Gasteiger partial charge in [0, 0.05) is 17.3 Å². The number of hydrogen-bond acceptors (Lipinski definition) is 4. The molecule has 0 aliphatic rings. The van der Waals surface area contributed by atoms with E-state index in [0.29, 0.717) is 19.0 Å². The smallest absolute Gasteiger partial charge is 0.0867 e. The molecule has 2 atom stereocenters. The zero-order chi connectivity index (χ0) is 12.7. The fourth-order valence-electron chi connectivity index (χ4n) is 1.36. The van der Waals surface area contributed by atoms with E-state index in [1.54, 1.807) is 18.7 Å². The van der Waals surface area contributed by atoms with Gasteiger partial charge in [-0.1, -0.05) is 12.1 Å². The molecular formula is C13H20O3S. The molecule has 3 nitrogen and oxygen atoms in total. The van der Waals surface area contributed by atoms with Crippen LogP contribution in [-0.4, -0.2) is 35.3 Å². The second kappa shape index (κ2) is 7.71. The lowest BCUT2D eigenvalue weighted by Crippen LogP contribution is -2.17. The van der Waals surface area contributed by atoms with Crippen LogP contribution in [0.3, 0.4) is 0 Å². The highest BCUT2D eigenvalue weighted by Gasteiger charge is 2.06. The molecule has 0 aromatic heterocycles. The minimum atomic E-state index is -0.455. The zero-order valence-electron chi connectivity index (χ0n) is 10.3. The van der Waals surface area contributed by atoms with Crippen LogP contribution in [0.1, 0.15) is 25.5 Å². The highest BCUT2D eigenvalue weighted by molar-refractivity contribution is 7.99. The quantitative estimate of drug-likeness (QED) is 0.735. The monoisotopic (exact) mass is 256 g/mol. The van der Waals surface area contributed by atoms with Crippen molar-refractivity contribution in [3.63, 3.8) is 0 Å². The Morgan fingerprint density at radius 3 is 2.76 bits per heavy atom. The number of thioether (sulfide) groups is 1. The molecule has 1 aromatic rings. The van der Waals surface area contributed by atoms with E-state index >= 15 is 0 Å². The highest BCUT2D eigenvalue weighted by atomic mass is 32.2. The number of aliphatic hydroxyl groups is 2.